The van der Waals surface area contributed by atoms with Crippen molar-refractivity contribution >= 4 is 12.0 Å². The molecular formula is C14H28N2O3. The summed E-state index contributed by atoms with van der Waals surface area (Å²) in [6.07, 6.45) is 3.13. The number of carboxylic acid groups (broad SMARTS) is 1. The minimum Gasteiger partial charge on any atom is -0.480 e. The molecule has 5 heteroatoms. The van der Waals surface area contributed by atoms with Crippen molar-refractivity contribution in [3.05, 3.63) is 0 Å². The number of hydrogen-bond donors (Lipinski definition) is 3. The predicted octanol–water partition coefficient (Wildman–Crippen LogP) is 2.61. The number of hydrogen-bond acceptors (Lipinski definition) is 2. The number of carbonyl (C=O) groups excluding carboxylic acids is 1. The van der Waals surface area contributed by atoms with E-state index in [1.54, 1.807) is 20.8 Å². The lowest BCUT2D eigenvalue weighted by Gasteiger charge is -2.27. The molecule has 1 unspecified atom stereocenters. The third kappa shape index (κ3) is 8.46. The molecule has 1 atom stereocenters. The fraction of sp³-hybridized carbons (Fsp3) is 0.857. The van der Waals surface area contributed by atoms with E-state index in [1.165, 1.54) is 0 Å². The standard InChI is InChI=1S/C14H28N2O3/c1-10(2)8-6-7-9-15-13(19)16-11(12(17)18)14(3,4)5/h10-11H,6-9H2,1-5H3,(H,17,18)(H2,15,16,19). The van der Waals surface area contributed by atoms with E-state index in [4.69, 9.17) is 5.11 Å². The summed E-state index contributed by atoms with van der Waals surface area (Å²) in [4.78, 5) is 22.7. The molecule has 0 aliphatic carbocycles. The second-order valence-electron chi connectivity index (χ2n) is 6.43. The van der Waals surface area contributed by atoms with Crippen LogP contribution in [-0.4, -0.2) is 29.7 Å². The number of unbranched alkanes of at least 4 members (excludes halogenated alkanes) is 1. The highest BCUT2D eigenvalue weighted by Gasteiger charge is 2.32. The highest BCUT2D eigenvalue weighted by molar-refractivity contribution is 5.83. The SMILES string of the molecule is CC(C)CCCCNC(=O)NC(C(=O)O)C(C)(C)C. The van der Waals surface area contributed by atoms with Gasteiger partial charge < -0.3 is 15.7 Å². The van der Waals surface area contributed by atoms with Crippen molar-refractivity contribution in [2.45, 2.75) is 59.9 Å². The van der Waals surface area contributed by atoms with Gasteiger partial charge in [0.2, 0.25) is 0 Å². The van der Waals surface area contributed by atoms with Gasteiger partial charge in [0.15, 0.2) is 0 Å². The quantitative estimate of drug-likeness (QED) is 0.623. The van der Waals surface area contributed by atoms with Crippen LogP contribution in [0.1, 0.15) is 53.9 Å². The fourth-order valence-corrected chi connectivity index (χ4v) is 1.71. The Morgan fingerprint density at radius 3 is 2.16 bits per heavy atom. The Morgan fingerprint density at radius 1 is 1.16 bits per heavy atom. The van der Waals surface area contributed by atoms with Crippen LogP contribution in [0, 0.1) is 11.3 Å². The van der Waals surface area contributed by atoms with Crippen molar-refractivity contribution < 1.29 is 14.7 Å². The fourth-order valence-electron chi connectivity index (χ4n) is 1.71. The van der Waals surface area contributed by atoms with Gasteiger partial charge in [0.25, 0.3) is 0 Å². The van der Waals surface area contributed by atoms with Gasteiger partial charge in [-0.1, -0.05) is 47.5 Å². The Morgan fingerprint density at radius 2 is 1.74 bits per heavy atom. The van der Waals surface area contributed by atoms with E-state index in [2.05, 4.69) is 24.5 Å². The van der Waals surface area contributed by atoms with Crippen molar-refractivity contribution in [2.24, 2.45) is 11.3 Å². The zero-order chi connectivity index (χ0) is 15.1. The Labute approximate surface area is 116 Å². The van der Waals surface area contributed by atoms with Crippen LogP contribution in [0.2, 0.25) is 0 Å². The molecule has 0 fully saturated rings. The molecule has 0 heterocycles. The van der Waals surface area contributed by atoms with E-state index in [9.17, 15) is 9.59 Å². The minimum absolute atomic E-state index is 0.410. The summed E-state index contributed by atoms with van der Waals surface area (Å²) in [6, 6.07) is -1.30. The smallest absolute Gasteiger partial charge is 0.326 e. The maximum Gasteiger partial charge on any atom is 0.326 e. The van der Waals surface area contributed by atoms with Gasteiger partial charge in [-0.2, -0.15) is 0 Å². The maximum atomic E-state index is 11.6. The van der Waals surface area contributed by atoms with Gasteiger partial charge in [-0.15, -0.1) is 0 Å². The van der Waals surface area contributed by atoms with Crippen molar-refractivity contribution in [3.8, 4) is 0 Å². The number of carboxylic acids is 1. The highest BCUT2D eigenvalue weighted by atomic mass is 16.4. The Hall–Kier alpha value is -1.26. The molecule has 0 aliphatic heterocycles. The second-order valence-corrected chi connectivity index (χ2v) is 6.43. The van der Waals surface area contributed by atoms with Crippen molar-refractivity contribution in [2.75, 3.05) is 6.54 Å². The van der Waals surface area contributed by atoms with Crippen molar-refractivity contribution in [1.29, 1.82) is 0 Å². The molecule has 112 valence electrons. The van der Waals surface area contributed by atoms with E-state index in [-0.39, 0.29) is 0 Å². The summed E-state index contributed by atoms with van der Waals surface area (Å²) >= 11 is 0. The summed E-state index contributed by atoms with van der Waals surface area (Å²) in [6.45, 7) is 10.3. The van der Waals surface area contributed by atoms with Crippen LogP contribution < -0.4 is 10.6 Å². The van der Waals surface area contributed by atoms with Gasteiger partial charge in [-0.25, -0.2) is 9.59 Å². The molecule has 0 saturated heterocycles. The van der Waals surface area contributed by atoms with Gasteiger partial charge >= 0.3 is 12.0 Å². The minimum atomic E-state index is -1.01. The average Bonchev–Trinajstić information content (AvgIpc) is 2.23. The van der Waals surface area contributed by atoms with Crippen molar-refractivity contribution in [3.63, 3.8) is 0 Å². The molecule has 0 aromatic rings. The number of aliphatic carboxylic acids is 1. The van der Waals surface area contributed by atoms with E-state index in [0.29, 0.717) is 12.5 Å². The lowest BCUT2D eigenvalue weighted by molar-refractivity contribution is -0.141. The van der Waals surface area contributed by atoms with Crippen molar-refractivity contribution in [1.82, 2.24) is 10.6 Å². The van der Waals surface area contributed by atoms with Crippen LogP contribution in [0.15, 0.2) is 0 Å². The summed E-state index contributed by atoms with van der Waals surface area (Å²) in [5, 5.41) is 14.3. The largest absolute Gasteiger partial charge is 0.480 e. The van der Waals surface area contributed by atoms with Crippen LogP contribution in [0.3, 0.4) is 0 Å². The summed E-state index contributed by atoms with van der Waals surface area (Å²) in [5.74, 6) is -0.339. The molecule has 0 rings (SSSR count). The molecule has 0 bridgehead atoms. The van der Waals surface area contributed by atoms with E-state index < -0.39 is 23.5 Å². The average molecular weight is 272 g/mol. The van der Waals surface area contributed by atoms with Crippen LogP contribution in [0.5, 0.6) is 0 Å². The number of amides is 2. The first-order chi connectivity index (χ1) is 8.64. The lowest BCUT2D eigenvalue weighted by Crippen LogP contribution is -2.52. The third-order valence-electron chi connectivity index (χ3n) is 2.88. The molecule has 2 amide bonds. The van der Waals surface area contributed by atoms with Gasteiger partial charge in [0.1, 0.15) is 6.04 Å². The first-order valence-electron chi connectivity index (χ1n) is 6.91. The first-order valence-corrected chi connectivity index (χ1v) is 6.91. The summed E-state index contributed by atoms with van der Waals surface area (Å²) in [7, 11) is 0. The van der Waals surface area contributed by atoms with E-state index in [0.717, 1.165) is 19.3 Å². The topological polar surface area (TPSA) is 78.4 Å². The molecule has 19 heavy (non-hydrogen) atoms. The van der Waals surface area contributed by atoms with Gasteiger partial charge in [0, 0.05) is 6.54 Å². The Kier molecular flexibility index (Phi) is 7.49. The van der Waals surface area contributed by atoms with Crippen LogP contribution in [0.4, 0.5) is 4.79 Å². The molecule has 0 aromatic carbocycles. The molecule has 0 aliphatic rings. The summed E-state index contributed by atoms with van der Waals surface area (Å²) in [5.41, 5.74) is -0.513. The van der Waals surface area contributed by atoms with Gasteiger partial charge in [-0.05, 0) is 17.8 Å². The van der Waals surface area contributed by atoms with Crippen LogP contribution >= 0.6 is 0 Å². The van der Waals surface area contributed by atoms with Gasteiger partial charge in [0.05, 0.1) is 0 Å². The van der Waals surface area contributed by atoms with Crippen LogP contribution in [0.25, 0.3) is 0 Å². The second kappa shape index (κ2) is 8.02. The lowest BCUT2D eigenvalue weighted by atomic mass is 9.87. The molecular weight excluding hydrogens is 244 g/mol. The highest BCUT2D eigenvalue weighted by Crippen LogP contribution is 2.19. The third-order valence-corrected chi connectivity index (χ3v) is 2.88. The van der Waals surface area contributed by atoms with E-state index in [1.807, 2.05) is 0 Å². The molecule has 5 nitrogen and oxygen atoms in total. The first kappa shape index (κ1) is 17.7. The zero-order valence-electron chi connectivity index (χ0n) is 12.7. The number of carbonyl (C=O) groups is 2. The Balaban J connectivity index is 3.99. The number of nitrogens with one attached hydrogen (secondary N) is 2. The van der Waals surface area contributed by atoms with Crippen LogP contribution in [-0.2, 0) is 4.79 Å². The zero-order valence-corrected chi connectivity index (χ0v) is 12.7. The molecule has 0 radical (unpaired) electrons. The molecule has 3 N–H and O–H groups in total. The monoisotopic (exact) mass is 272 g/mol. The Bertz CT molecular complexity index is 296. The number of urea groups is 1. The molecule has 0 saturated carbocycles. The molecule has 0 aromatic heterocycles. The number of rotatable bonds is 7. The molecule has 0 spiro atoms. The van der Waals surface area contributed by atoms with E-state index >= 15 is 0 Å². The van der Waals surface area contributed by atoms with Gasteiger partial charge in [-0.3, -0.25) is 0 Å². The normalized spacial score (nSPS) is 13.2. The predicted molar refractivity (Wildman–Crippen MR) is 76.1 cm³/mol. The summed E-state index contributed by atoms with van der Waals surface area (Å²) < 4.78 is 0. The maximum absolute atomic E-state index is 11.6.